The molecule has 2 rings (SSSR count). The Balaban J connectivity index is 2.40. The zero-order chi connectivity index (χ0) is 15.2. The van der Waals surface area contributed by atoms with E-state index in [0.717, 1.165) is 17.8 Å². The Kier molecular flexibility index (Phi) is 5.42. The quantitative estimate of drug-likeness (QED) is 0.887. The number of pyridine rings is 1. The lowest BCUT2D eigenvalue weighted by molar-refractivity contribution is 0.354. The fourth-order valence-electron chi connectivity index (χ4n) is 2.19. The minimum atomic E-state index is -0.0212. The Morgan fingerprint density at radius 1 is 1.14 bits per heavy atom. The van der Waals surface area contributed by atoms with Crippen LogP contribution in [0.3, 0.4) is 0 Å². The van der Waals surface area contributed by atoms with Crippen LogP contribution in [-0.4, -0.2) is 25.7 Å². The van der Waals surface area contributed by atoms with E-state index in [1.807, 2.05) is 30.3 Å². The molecule has 5 heteroatoms. The molecule has 0 saturated heterocycles. The summed E-state index contributed by atoms with van der Waals surface area (Å²) in [5.74, 6) is 1.41. The van der Waals surface area contributed by atoms with E-state index in [1.165, 1.54) is 0 Å². The first kappa shape index (κ1) is 15.6. The van der Waals surface area contributed by atoms with Crippen LogP contribution in [-0.2, 0) is 0 Å². The average Bonchev–Trinajstić information content (AvgIpc) is 2.53. The molecule has 1 unspecified atom stereocenters. The Bertz CT molecular complexity index is 587. The summed E-state index contributed by atoms with van der Waals surface area (Å²) in [6.45, 7) is 2.88. The van der Waals surface area contributed by atoms with Gasteiger partial charge in [-0.1, -0.05) is 24.6 Å². The summed E-state index contributed by atoms with van der Waals surface area (Å²) in [5, 5.41) is 4.05. The zero-order valence-electron chi connectivity index (χ0n) is 12.4. The summed E-state index contributed by atoms with van der Waals surface area (Å²) >= 11 is 5.91. The molecule has 0 fully saturated rings. The minimum absolute atomic E-state index is 0.0212. The van der Waals surface area contributed by atoms with Crippen LogP contribution in [0.2, 0.25) is 5.02 Å². The molecule has 2 aromatic rings. The van der Waals surface area contributed by atoms with E-state index in [4.69, 9.17) is 21.1 Å². The van der Waals surface area contributed by atoms with Gasteiger partial charge in [-0.25, -0.2) is 0 Å². The molecular formula is C16H19ClN2O2. The summed E-state index contributed by atoms with van der Waals surface area (Å²) in [7, 11) is 3.25. The van der Waals surface area contributed by atoms with Gasteiger partial charge in [-0.2, -0.15) is 0 Å². The van der Waals surface area contributed by atoms with Crippen molar-refractivity contribution in [1.29, 1.82) is 0 Å². The molecule has 0 bridgehead atoms. The Morgan fingerprint density at radius 2 is 1.90 bits per heavy atom. The highest BCUT2D eigenvalue weighted by Crippen LogP contribution is 2.31. The molecule has 0 aliphatic heterocycles. The van der Waals surface area contributed by atoms with E-state index in [9.17, 15) is 0 Å². The smallest absolute Gasteiger partial charge is 0.161 e. The summed E-state index contributed by atoms with van der Waals surface area (Å²) in [5.41, 5.74) is 1.97. The van der Waals surface area contributed by atoms with E-state index in [-0.39, 0.29) is 6.04 Å². The summed E-state index contributed by atoms with van der Waals surface area (Å²) < 4.78 is 10.6. The van der Waals surface area contributed by atoms with Gasteiger partial charge in [0.25, 0.3) is 0 Å². The largest absolute Gasteiger partial charge is 0.493 e. The van der Waals surface area contributed by atoms with Gasteiger partial charge in [0.15, 0.2) is 11.5 Å². The average molecular weight is 307 g/mol. The molecule has 1 aromatic carbocycles. The highest BCUT2D eigenvalue weighted by atomic mass is 35.5. The maximum Gasteiger partial charge on any atom is 0.161 e. The van der Waals surface area contributed by atoms with E-state index >= 15 is 0 Å². The second kappa shape index (κ2) is 7.29. The maximum absolute atomic E-state index is 5.91. The van der Waals surface area contributed by atoms with Crippen LogP contribution >= 0.6 is 11.6 Å². The number of rotatable bonds is 6. The summed E-state index contributed by atoms with van der Waals surface area (Å²) in [4.78, 5) is 4.41. The van der Waals surface area contributed by atoms with Gasteiger partial charge in [0.05, 0.1) is 31.0 Å². The third-order valence-electron chi connectivity index (χ3n) is 3.20. The van der Waals surface area contributed by atoms with E-state index in [1.54, 1.807) is 20.4 Å². The summed E-state index contributed by atoms with van der Waals surface area (Å²) in [6.07, 6.45) is 1.65. The second-order valence-corrected chi connectivity index (χ2v) is 4.94. The van der Waals surface area contributed by atoms with Gasteiger partial charge in [-0.05, 0) is 36.4 Å². The van der Waals surface area contributed by atoms with Gasteiger partial charge in [0.1, 0.15) is 0 Å². The number of methoxy groups -OCH3 is 2. The number of halogens is 1. The van der Waals surface area contributed by atoms with Crippen LogP contribution in [0.1, 0.15) is 24.2 Å². The highest BCUT2D eigenvalue weighted by molar-refractivity contribution is 6.30. The van der Waals surface area contributed by atoms with E-state index in [0.29, 0.717) is 16.5 Å². The third kappa shape index (κ3) is 3.65. The number of nitrogens with zero attached hydrogens (tertiary/aromatic N) is 1. The van der Waals surface area contributed by atoms with E-state index < -0.39 is 0 Å². The highest BCUT2D eigenvalue weighted by Gasteiger charge is 2.16. The van der Waals surface area contributed by atoms with Crippen molar-refractivity contribution >= 4 is 11.6 Å². The minimum Gasteiger partial charge on any atom is -0.493 e. The normalized spacial score (nSPS) is 12.0. The monoisotopic (exact) mass is 306 g/mol. The molecule has 1 heterocycles. The molecule has 0 aliphatic carbocycles. The van der Waals surface area contributed by atoms with Crippen molar-refractivity contribution in [3.63, 3.8) is 0 Å². The van der Waals surface area contributed by atoms with Crippen LogP contribution in [0.4, 0.5) is 0 Å². The van der Waals surface area contributed by atoms with Gasteiger partial charge < -0.3 is 14.8 Å². The van der Waals surface area contributed by atoms with Crippen molar-refractivity contribution in [2.75, 3.05) is 20.8 Å². The molecule has 1 aromatic heterocycles. The van der Waals surface area contributed by atoms with Crippen molar-refractivity contribution < 1.29 is 9.47 Å². The number of benzene rings is 1. The van der Waals surface area contributed by atoms with Gasteiger partial charge in [-0.3, -0.25) is 4.98 Å². The van der Waals surface area contributed by atoms with E-state index in [2.05, 4.69) is 17.2 Å². The lowest BCUT2D eigenvalue weighted by Crippen LogP contribution is -2.23. The first-order valence-electron chi connectivity index (χ1n) is 6.76. The maximum atomic E-state index is 5.91. The van der Waals surface area contributed by atoms with Crippen molar-refractivity contribution in [1.82, 2.24) is 10.3 Å². The topological polar surface area (TPSA) is 43.4 Å². The number of hydrogen-bond acceptors (Lipinski definition) is 4. The van der Waals surface area contributed by atoms with Crippen molar-refractivity contribution in [3.05, 3.63) is 52.8 Å². The standard InChI is InChI=1S/C16H19ClN2O2/c1-4-18-16(13-7-6-12(17)10-19-13)11-5-8-14(20-2)15(9-11)21-3/h5-10,16,18H,4H2,1-3H3. The number of nitrogens with one attached hydrogen (secondary N) is 1. The zero-order valence-corrected chi connectivity index (χ0v) is 13.1. The van der Waals surface area contributed by atoms with Gasteiger partial charge in [0, 0.05) is 6.20 Å². The molecule has 0 radical (unpaired) electrons. The Morgan fingerprint density at radius 3 is 2.48 bits per heavy atom. The second-order valence-electron chi connectivity index (χ2n) is 4.51. The van der Waals surface area contributed by atoms with Crippen molar-refractivity contribution in [3.8, 4) is 11.5 Å². The molecule has 1 atom stereocenters. The van der Waals surface area contributed by atoms with Crippen LogP contribution < -0.4 is 14.8 Å². The molecule has 21 heavy (non-hydrogen) atoms. The SMILES string of the molecule is CCNC(c1ccc(OC)c(OC)c1)c1ccc(Cl)cn1. The molecule has 112 valence electrons. The van der Waals surface area contributed by atoms with Crippen LogP contribution in [0.15, 0.2) is 36.5 Å². The lowest BCUT2D eigenvalue weighted by atomic mass is 10.0. The predicted molar refractivity (Wildman–Crippen MR) is 84.3 cm³/mol. The molecule has 0 spiro atoms. The molecule has 0 saturated carbocycles. The molecule has 0 aliphatic rings. The molecule has 0 amide bonds. The predicted octanol–water partition coefficient (Wildman–Crippen LogP) is 3.45. The van der Waals surface area contributed by atoms with Crippen molar-refractivity contribution in [2.24, 2.45) is 0 Å². The molecule has 1 N–H and O–H groups in total. The van der Waals surface area contributed by atoms with Gasteiger partial charge in [0.2, 0.25) is 0 Å². The Hall–Kier alpha value is -1.78. The first-order chi connectivity index (χ1) is 10.2. The molecule has 4 nitrogen and oxygen atoms in total. The third-order valence-corrected chi connectivity index (χ3v) is 3.42. The first-order valence-corrected chi connectivity index (χ1v) is 7.14. The van der Waals surface area contributed by atoms with Gasteiger partial charge in [-0.15, -0.1) is 0 Å². The summed E-state index contributed by atoms with van der Waals surface area (Å²) in [6, 6.07) is 9.61. The number of aromatic nitrogens is 1. The fourth-order valence-corrected chi connectivity index (χ4v) is 2.30. The lowest BCUT2D eigenvalue weighted by Gasteiger charge is -2.19. The van der Waals surface area contributed by atoms with Crippen LogP contribution in [0.25, 0.3) is 0 Å². The fraction of sp³-hybridized carbons (Fsp3) is 0.312. The van der Waals surface area contributed by atoms with Gasteiger partial charge >= 0.3 is 0 Å². The van der Waals surface area contributed by atoms with Crippen LogP contribution in [0.5, 0.6) is 11.5 Å². The number of hydrogen-bond donors (Lipinski definition) is 1. The number of ether oxygens (including phenoxy) is 2. The Labute approximate surface area is 130 Å². The van der Waals surface area contributed by atoms with Crippen molar-refractivity contribution in [2.45, 2.75) is 13.0 Å². The van der Waals surface area contributed by atoms with Crippen LogP contribution in [0, 0.1) is 0 Å². The molecular weight excluding hydrogens is 288 g/mol.